The third kappa shape index (κ3) is 3.51. The van der Waals surface area contributed by atoms with Gasteiger partial charge in [-0.25, -0.2) is 0 Å². The third-order valence-electron chi connectivity index (χ3n) is 3.56. The Kier molecular flexibility index (Phi) is 3.80. The first-order valence-corrected chi connectivity index (χ1v) is 5.99. The average molecular weight is 212 g/mol. The molecule has 0 aromatic carbocycles. The van der Waals surface area contributed by atoms with Crippen molar-refractivity contribution >= 4 is 5.97 Å². The number of rotatable bonds is 2. The molecule has 0 amide bonds. The van der Waals surface area contributed by atoms with E-state index < -0.39 is 0 Å². The fraction of sp³-hybridized carbons (Fsp3) is 0.923. The van der Waals surface area contributed by atoms with Crippen molar-refractivity contribution in [2.24, 2.45) is 17.3 Å². The fourth-order valence-corrected chi connectivity index (χ4v) is 2.65. The summed E-state index contributed by atoms with van der Waals surface area (Å²) >= 11 is 0. The Hall–Kier alpha value is -0.530. The summed E-state index contributed by atoms with van der Waals surface area (Å²) in [5.74, 6) is 1.01. The van der Waals surface area contributed by atoms with Gasteiger partial charge in [0.15, 0.2) is 0 Å². The van der Waals surface area contributed by atoms with Gasteiger partial charge in [0.25, 0.3) is 0 Å². The van der Waals surface area contributed by atoms with Crippen molar-refractivity contribution in [2.45, 2.75) is 60.0 Å². The van der Waals surface area contributed by atoms with E-state index in [1.807, 2.05) is 0 Å². The molecule has 1 rings (SSSR count). The lowest BCUT2D eigenvalue weighted by Crippen LogP contribution is -2.39. The molecular formula is C13H24O2. The first-order valence-electron chi connectivity index (χ1n) is 5.99. The third-order valence-corrected chi connectivity index (χ3v) is 3.56. The molecule has 0 N–H and O–H groups in total. The zero-order valence-corrected chi connectivity index (χ0v) is 10.7. The van der Waals surface area contributed by atoms with E-state index in [4.69, 9.17) is 4.74 Å². The molecule has 0 spiro atoms. The lowest BCUT2D eigenvalue weighted by atomic mass is 9.68. The van der Waals surface area contributed by atoms with Gasteiger partial charge in [-0.3, -0.25) is 4.79 Å². The van der Waals surface area contributed by atoms with E-state index in [-0.39, 0.29) is 12.1 Å². The van der Waals surface area contributed by atoms with E-state index in [2.05, 4.69) is 27.7 Å². The van der Waals surface area contributed by atoms with Gasteiger partial charge in [-0.2, -0.15) is 0 Å². The Morgan fingerprint density at radius 2 is 2.00 bits per heavy atom. The number of ether oxygens (including phenoxy) is 1. The highest BCUT2D eigenvalue weighted by Crippen LogP contribution is 2.42. The van der Waals surface area contributed by atoms with Crippen LogP contribution in [0.2, 0.25) is 0 Å². The van der Waals surface area contributed by atoms with E-state index in [1.165, 1.54) is 19.8 Å². The van der Waals surface area contributed by atoms with Crippen LogP contribution in [0.3, 0.4) is 0 Å². The normalized spacial score (nSPS) is 30.3. The van der Waals surface area contributed by atoms with Gasteiger partial charge < -0.3 is 4.74 Å². The Labute approximate surface area is 93.4 Å². The molecule has 0 saturated heterocycles. The van der Waals surface area contributed by atoms with Crippen molar-refractivity contribution in [3.05, 3.63) is 0 Å². The predicted octanol–water partition coefficient (Wildman–Crippen LogP) is 3.40. The summed E-state index contributed by atoms with van der Waals surface area (Å²) in [7, 11) is 0. The molecule has 1 saturated carbocycles. The van der Waals surface area contributed by atoms with Crippen molar-refractivity contribution in [1.29, 1.82) is 0 Å². The largest absolute Gasteiger partial charge is 0.462 e. The van der Waals surface area contributed by atoms with Crippen molar-refractivity contribution in [3.63, 3.8) is 0 Å². The average Bonchev–Trinajstić information content (AvgIpc) is 1.99. The standard InChI is InChI=1S/C13H24O2/c1-9(2)11-6-7-13(4,5)8-12(11)15-10(3)14/h9,11-12H,6-8H2,1-5H3. The van der Waals surface area contributed by atoms with Gasteiger partial charge in [0.2, 0.25) is 0 Å². The van der Waals surface area contributed by atoms with Crippen molar-refractivity contribution in [1.82, 2.24) is 0 Å². The fourth-order valence-electron chi connectivity index (χ4n) is 2.65. The van der Waals surface area contributed by atoms with Crippen molar-refractivity contribution < 1.29 is 9.53 Å². The smallest absolute Gasteiger partial charge is 0.302 e. The number of carbonyl (C=O) groups excluding carboxylic acids is 1. The summed E-state index contributed by atoms with van der Waals surface area (Å²) in [4.78, 5) is 11.1. The Bertz CT molecular complexity index is 231. The SMILES string of the molecule is CC(=O)OC1CC(C)(C)CCC1C(C)C. The van der Waals surface area contributed by atoms with E-state index in [1.54, 1.807) is 0 Å². The van der Waals surface area contributed by atoms with Crippen LogP contribution in [0, 0.1) is 17.3 Å². The molecule has 2 nitrogen and oxygen atoms in total. The molecule has 1 aliphatic carbocycles. The molecule has 0 radical (unpaired) electrons. The second-order valence-electron chi connectivity index (χ2n) is 5.96. The van der Waals surface area contributed by atoms with Gasteiger partial charge in [0.1, 0.15) is 6.10 Å². The van der Waals surface area contributed by atoms with Gasteiger partial charge in [-0.15, -0.1) is 0 Å². The van der Waals surface area contributed by atoms with Crippen LogP contribution in [0.4, 0.5) is 0 Å². The monoisotopic (exact) mass is 212 g/mol. The van der Waals surface area contributed by atoms with Gasteiger partial charge >= 0.3 is 5.97 Å². The molecule has 1 aliphatic rings. The molecule has 2 unspecified atom stereocenters. The van der Waals surface area contributed by atoms with Gasteiger partial charge in [-0.1, -0.05) is 27.7 Å². The second-order valence-corrected chi connectivity index (χ2v) is 5.96. The van der Waals surface area contributed by atoms with Crippen molar-refractivity contribution in [2.75, 3.05) is 0 Å². The van der Waals surface area contributed by atoms with E-state index in [0.29, 0.717) is 17.3 Å². The van der Waals surface area contributed by atoms with Gasteiger partial charge in [-0.05, 0) is 36.5 Å². The summed E-state index contributed by atoms with van der Waals surface area (Å²) in [6, 6.07) is 0. The molecule has 88 valence electrons. The maximum atomic E-state index is 11.1. The minimum atomic E-state index is -0.136. The Morgan fingerprint density at radius 3 is 2.47 bits per heavy atom. The summed E-state index contributed by atoms with van der Waals surface area (Å²) in [6.45, 7) is 10.5. The first kappa shape index (κ1) is 12.5. The quantitative estimate of drug-likeness (QED) is 0.656. The molecule has 2 atom stereocenters. The highest BCUT2D eigenvalue weighted by Gasteiger charge is 2.37. The second kappa shape index (κ2) is 4.54. The van der Waals surface area contributed by atoms with Gasteiger partial charge in [0.05, 0.1) is 0 Å². The summed E-state index contributed by atoms with van der Waals surface area (Å²) in [5.41, 5.74) is 0.325. The molecule has 0 bridgehead atoms. The minimum absolute atomic E-state index is 0.131. The van der Waals surface area contributed by atoms with Crippen LogP contribution in [0.15, 0.2) is 0 Å². The lowest BCUT2D eigenvalue weighted by Gasteiger charge is -2.41. The van der Waals surface area contributed by atoms with Crippen LogP contribution < -0.4 is 0 Å². The topological polar surface area (TPSA) is 26.3 Å². The maximum Gasteiger partial charge on any atom is 0.302 e. The zero-order chi connectivity index (χ0) is 11.6. The number of hydrogen-bond acceptors (Lipinski definition) is 2. The van der Waals surface area contributed by atoms with Crippen LogP contribution in [0.5, 0.6) is 0 Å². The first-order chi connectivity index (χ1) is 6.82. The molecule has 15 heavy (non-hydrogen) atoms. The lowest BCUT2D eigenvalue weighted by molar-refractivity contribution is -0.154. The number of esters is 1. The molecular weight excluding hydrogens is 188 g/mol. The molecule has 0 aromatic rings. The predicted molar refractivity (Wildman–Crippen MR) is 61.5 cm³/mol. The number of carbonyl (C=O) groups is 1. The minimum Gasteiger partial charge on any atom is -0.462 e. The Balaban J connectivity index is 2.69. The van der Waals surface area contributed by atoms with E-state index >= 15 is 0 Å². The molecule has 0 aromatic heterocycles. The number of hydrogen-bond donors (Lipinski definition) is 0. The molecule has 1 fully saturated rings. The molecule has 0 heterocycles. The summed E-state index contributed by atoms with van der Waals surface area (Å²) in [6.07, 6.45) is 3.57. The van der Waals surface area contributed by atoms with Crippen LogP contribution in [0.25, 0.3) is 0 Å². The zero-order valence-electron chi connectivity index (χ0n) is 10.7. The maximum absolute atomic E-state index is 11.1. The van der Waals surface area contributed by atoms with Crippen LogP contribution in [-0.2, 0) is 9.53 Å². The van der Waals surface area contributed by atoms with Gasteiger partial charge in [0, 0.05) is 6.92 Å². The van der Waals surface area contributed by atoms with Crippen LogP contribution in [-0.4, -0.2) is 12.1 Å². The molecule has 2 heteroatoms. The summed E-state index contributed by atoms with van der Waals surface area (Å²) < 4.78 is 5.46. The van der Waals surface area contributed by atoms with Crippen LogP contribution in [0.1, 0.15) is 53.9 Å². The Morgan fingerprint density at radius 1 is 1.40 bits per heavy atom. The van der Waals surface area contributed by atoms with Crippen molar-refractivity contribution in [3.8, 4) is 0 Å². The van der Waals surface area contributed by atoms with E-state index in [9.17, 15) is 4.79 Å². The van der Waals surface area contributed by atoms with E-state index in [0.717, 1.165) is 6.42 Å². The summed E-state index contributed by atoms with van der Waals surface area (Å²) in [5, 5.41) is 0. The highest BCUT2D eigenvalue weighted by molar-refractivity contribution is 5.66. The van der Waals surface area contributed by atoms with Crippen LogP contribution >= 0.6 is 0 Å². The highest BCUT2D eigenvalue weighted by atomic mass is 16.5. The molecule has 0 aliphatic heterocycles.